The first-order chi connectivity index (χ1) is 8.97. The van der Waals surface area contributed by atoms with Gasteiger partial charge in [-0.05, 0) is 43.4 Å². The van der Waals surface area contributed by atoms with Crippen LogP contribution >= 0.6 is 0 Å². The van der Waals surface area contributed by atoms with Crippen molar-refractivity contribution in [1.82, 2.24) is 0 Å². The third-order valence-electron chi connectivity index (χ3n) is 3.39. The van der Waals surface area contributed by atoms with Crippen LogP contribution in [0.5, 0.6) is 0 Å². The maximum Gasteiger partial charge on any atom is 0.416 e. The van der Waals surface area contributed by atoms with Crippen LogP contribution in [0, 0.1) is 12.8 Å². The van der Waals surface area contributed by atoms with Gasteiger partial charge in [-0.2, -0.15) is 13.2 Å². The van der Waals surface area contributed by atoms with Gasteiger partial charge in [0.15, 0.2) is 0 Å². The van der Waals surface area contributed by atoms with Gasteiger partial charge >= 0.3 is 6.18 Å². The maximum atomic E-state index is 12.8. The highest BCUT2D eigenvalue weighted by Gasteiger charge is 2.32. The molecule has 1 aromatic rings. The summed E-state index contributed by atoms with van der Waals surface area (Å²) in [6.07, 6.45) is -2.21. The first kappa shape index (κ1) is 14.2. The lowest BCUT2D eigenvalue weighted by Gasteiger charge is -2.23. The summed E-state index contributed by atoms with van der Waals surface area (Å²) in [7, 11) is 0. The third kappa shape index (κ3) is 3.86. The van der Waals surface area contributed by atoms with Gasteiger partial charge in [0.05, 0.1) is 12.2 Å². The summed E-state index contributed by atoms with van der Waals surface area (Å²) in [6.45, 7) is 3.60. The molecule has 0 radical (unpaired) electrons. The number of halogens is 3. The molecule has 1 heterocycles. The second-order valence-electron chi connectivity index (χ2n) is 4.99. The standard InChI is InChI=1S/C14H18F3NO/c1-10-4-5-12(7-13(10)14(15,16)17)18-8-11-3-2-6-19-9-11/h4-5,7,11,18H,2-3,6,8-9H2,1H3. The number of rotatable bonds is 3. The minimum absolute atomic E-state index is 0.249. The Morgan fingerprint density at radius 1 is 1.37 bits per heavy atom. The van der Waals surface area contributed by atoms with Crippen molar-refractivity contribution in [2.45, 2.75) is 25.9 Å². The Labute approximate surface area is 111 Å². The first-order valence-corrected chi connectivity index (χ1v) is 6.46. The van der Waals surface area contributed by atoms with Crippen molar-refractivity contribution >= 4 is 5.69 Å². The molecule has 0 spiro atoms. The van der Waals surface area contributed by atoms with E-state index in [1.807, 2.05) is 0 Å². The summed E-state index contributed by atoms with van der Waals surface area (Å²) in [5.74, 6) is 0.379. The lowest BCUT2D eigenvalue weighted by atomic mass is 10.0. The van der Waals surface area contributed by atoms with Gasteiger partial charge in [0, 0.05) is 18.8 Å². The Morgan fingerprint density at radius 2 is 2.16 bits per heavy atom. The molecule has 1 atom stereocenters. The van der Waals surface area contributed by atoms with E-state index in [0.29, 0.717) is 24.8 Å². The van der Waals surface area contributed by atoms with Crippen molar-refractivity contribution in [3.63, 3.8) is 0 Å². The molecule has 0 aromatic heterocycles. The molecule has 1 aliphatic heterocycles. The second kappa shape index (κ2) is 5.82. The lowest BCUT2D eigenvalue weighted by molar-refractivity contribution is -0.138. The van der Waals surface area contributed by atoms with Crippen molar-refractivity contribution in [2.24, 2.45) is 5.92 Å². The highest BCUT2D eigenvalue weighted by Crippen LogP contribution is 2.33. The minimum atomic E-state index is -4.30. The molecule has 1 N–H and O–H groups in total. The molecule has 0 aliphatic carbocycles. The molecular formula is C14H18F3NO. The fourth-order valence-electron chi connectivity index (χ4n) is 2.27. The van der Waals surface area contributed by atoms with Crippen LogP contribution in [0.2, 0.25) is 0 Å². The second-order valence-corrected chi connectivity index (χ2v) is 4.99. The predicted octanol–water partition coefficient (Wildman–Crippen LogP) is 3.85. The molecule has 0 saturated carbocycles. The Kier molecular flexibility index (Phi) is 4.34. The van der Waals surface area contributed by atoms with Crippen LogP contribution in [0.15, 0.2) is 18.2 Å². The predicted molar refractivity (Wildman–Crippen MR) is 68.2 cm³/mol. The fourth-order valence-corrected chi connectivity index (χ4v) is 2.27. The molecule has 1 aliphatic rings. The van der Waals surface area contributed by atoms with Crippen molar-refractivity contribution in [1.29, 1.82) is 0 Å². The van der Waals surface area contributed by atoms with E-state index in [1.54, 1.807) is 6.07 Å². The number of aryl methyl sites for hydroxylation is 1. The summed E-state index contributed by atoms with van der Waals surface area (Å²) in [4.78, 5) is 0. The topological polar surface area (TPSA) is 21.3 Å². The van der Waals surface area contributed by atoms with Crippen molar-refractivity contribution in [2.75, 3.05) is 25.1 Å². The van der Waals surface area contributed by atoms with Crippen LogP contribution in [-0.2, 0) is 10.9 Å². The number of ether oxygens (including phenoxy) is 1. The molecule has 0 bridgehead atoms. The zero-order chi connectivity index (χ0) is 13.9. The van der Waals surface area contributed by atoms with Crippen LogP contribution in [0.3, 0.4) is 0 Å². The average Bonchev–Trinajstić information content (AvgIpc) is 2.37. The van der Waals surface area contributed by atoms with Gasteiger partial charge in [-0.15, -0.1) is 0 Å². The van der Waals surface area contributed by atoms with Gasteiger partial charge in [0.1, 0.15) is 0 Å². The Morgan fingerprint density at radius 3 is 2.79 bits per heavy atom. The van der Waals surface area contributed by atoms with Crippen LogP contribution in [0.4, 0.5) is 18.9 Å². The van der Waals surface area contributed by atoms with Gasteiger partial charge in [0.25, 0.3) is 0 Å². The SMILES string of the molecule is Cc1ccc(NCC2CCCOC2)cc1C(F)(F)F. The van der Waals surface area contributed by atoms with Gasteiger partial charge in [-0.25, -0.2) is 0 Å². The van der Waals surface area contributed by atoms with Gasteiger partial charge in [-0.1, -0.05) is 6.07 Å². The van der Waals surface area contributed by atoms with Crippen molar-refractivity contribution in [3.8, 4) is 0 Å². The largest absolute Gasteiger partial charge is 0.416 e. The summed E-state index contributed by atoms with van der Waals surface area (Å²) < 4.78 is 43.7. The quantitative estimate of drug-likeness (QED) is 0.903. The van der Waals surface area contributed by atoms with Crippen LogP contribution in [0.1, 0.15) is 24.0 Å². The van der Waals surface area contributed by atoms with E-state index >= 15 is 0 Å². The summed E-state index contributed by atoms with van der Waals surface area (Å²) in [6, 6.07) is 4.37. The number of anilines is 1. The molecule has 1 unspecified atom stereocenters. The monoisotopic (exact) mass is 273 g/mol. The molecular weight excluding hydrogens is 255 g/mol. The molecule has 2 rings (SSSR count). The van der Waals surface area contributed by atoms with E-state index in [-0.39, 0.29) is 5.56 Å². The third-order valence-corrected chi connectivity index (χ3v) is 3.39. The Hall–Kier alpha value is -1.23. The minimum Gasteiger partial charge on any atom is -0.385 e. The van der Waals surface area contributed by atoms with Crippen LogP contribution in [-0.4, -0.2) is 19.8 Å². The number of hydrogen-bond donors (Lipinski definition) is 1. The Balaban J connectivity index is 2.00. The number of alkyl halides is 3. The number of hydrogen-bond acceptors (Lipinski definition) is 2. The van der Waals surface area contributed by atoms with Crippen LogP contribution < -0.4 is 5.32 Å². The van der Waals surface area contributed by atoms with Gasteiger partial charge in [0.2, 0.25) is 0 Å². The maximum absolute atomic E-state index is 12.8. The van der Waals surface area contributed by atoms with Gasteiger partial charge < -0.3 is 10.1 Å². The normalized spacial score (nSPS) is 20.3. The summed E-state index contributed by atoms with van der Waals surface area (Å²) in [5, 5.41) is 3.07. The van der Waals surface area contributed by atoms with E-state index in [2.05, 4.69) is 5.32 Å². The van der Waals surface area contributed by atoms with E-state index in [0.717, 1.165) is 19.4 Å². The van der Waals surface area contributed by atoms with Gasteiger partial charge in [-0.3, -0.25) is 0 Å². The Bertz CT molecular complexity index is 425. The molecule has 19 heavy (non-hydrogen) atoms. The zero-order valence-corrected chi connectivity index (χ0v) is 10.9. The van der Waals surface area contributed by atoms with E-state index < -0.39 is 11.7 Å². The highest BCUT2D eigenvalue weighted by molar-refractivity contribution is 5.49. The lowest BCUT2D eigenvalue weighted by Crippen LogP contribution is -2.24. The molecule has 0 amide bonds. The summed E-state index contributed by atoms with van der Waals surface area (Å²) >= 11 is 0. The molecule has 106 valence electrons. The van der Waals surface area contributed by atoms with E-state index in [4.69, 9.17) is 4.74 Å². The molecule has 1 fully saturated rings. The van der Waals surface area contributed by atoms with Crippen molar-refractivity contribution in [3.05, 3.63) is 29.3 Å². The number of benzene rings is 1. The molecule has 2 nitrogen and oxygen atoms in total. The van der Waals surface area contributed by atoms with E-state index in [9.17, 15) is 13.2 Å². The average molecular weight is 273 g/mol. The first-order valence-electron chi connectivity index (χ1n) is 6.46. The zero-order valence-electron chi connectivity index (χ0n) is 10.9. The summed E-state index contributed by atoms with van der Waals surface area (Å²) in [5.41, 5.74) is 0.194. The molecule has 1 aromatic carbocycles. The fraction of sp³-hybridized carbons (Fsp3) is 0.571. The van der Waals surface area contributed by atoms with Crippen molar-refractivity contribution < 1.29 is 17.9 Å². The number of nitrogens with one attached hydrogen (secondary N) is 1. The van der Waals surface area contributed by atoms with E-state index in [1.165, 1.54) is 19.1 Å². The van der Waals surface area contributed by atoms with Crippen LogP contribution in [0.25, 0.3) is 0 Å². The molecule has 1 saturated heterocycles. The smallest absolute Gasteiger partial charge is 0.385 e. The molecule has 5 heteroatoms. The highest BCUT2D eigenvalue weighted by atomic mass is 19.4.